The predicted molar refractivity (Wildman–Crippen MR) is 92.2 cm³/mol. The molecule has 1 aliphatic carbocycles. The van der Waals surface area contributed by atoms with Gasteiger partial charge in [0.1, 0.15) is 12.6 Å². The Morgan fingerprint density at radius 1 is 1.19 bits per heavy atom. The zero-order chi connectivity index (χ0) is 18.9. The second kappa shape index (κ2) is 9.76. The van der Waals surface area contributed by atoms with E-state index in [1.54, 1.807) is 0 Å². The summed E-state index contributed by atoms with van der Waals surface area (Å²) < 4.78 is 4.99. The fourth-order valence-electron chi connectivity index (χ4n) is 2.42. The molecule has 1 saturated carbocycles. The van der Waals surface area contributed by atoms with Crippen LogP contribution in [0.4, 0.5) is 4.79 Å². The molecule has 0 aromatic heterocycles. The number of hydrogen-bond donors (Lipinski definition) is 4. The number of carboxylic acid groups (broad SMARTS) is 1. The third-order valence-electron chi connectivity index (χ3n) is 4.02. The molecule has 142 valence electrons. The van der Waals surface area contributed by atoms with Gasteiger partial charge in [-0.3, -0.25) is 4.79 Å². The minimum Gasteiger partial charge on any atom is -0.480 e. The van der Waals surface area contributed by atoms with Crippen LogP contribution in [-0.4, -0.2) is 46.9 Å². The summed E-state index contributed by atoms with van der Waals surface area (Å²) in [5.74, 6) is -1.30. The first-order chi connectivity index (χ1) is 12.4. The molecule has 2 rings (SSSR count). The van der Waals surface area contributed by atoms with E-state index in [0.29, 0.717) is 12.3 Å². The van der Waals surface area contributed by atoms with E-state index in [2.05, 4.69) is 10.6 Å². The summed E-state index contributed by atoms with van der Waals surface area (Å²) in [4.78, 5) is 34.6. The lowest BCUT2D eigenvalue weighted by Crippen LogP contribution is -2.43. The minimum absolute atomic E-state index is 0.102. The first-order valence-electron chi connectivity index (χ1n) is 8.59. The molecular weight excluding hydrogens is 340 g/mol. The Morgan fingerprint density at radius 2 is 1.88 bits per heavy atom. The van der Waals surface area contributed by atoms with Gasteiger partial charge in [-0.2, -0.15) is 0 Å². The molecule has 8 nitrogen and oxygen atoms in total. The molecule has 0 heterocycles. The molecule has 0 spiro atoms. The standard InChI is InChI=1S/C18H24N2O6/c21-14(9-16(22)20-15(17(23)24)8-12-6-7-12)10-19-18(25)26-11-13-4-2-1-3-5-13/h1-5,12,14-15,21H,6-11H2,(H,19,25)(H,20,22)(H,23,24)/t14-,15-/m0/s1. The summed E-state index contributed by atoms with van der Waals surface area (Å²) in [5.41, 5.74) is 0.831. The van der Waals surface area contributed by atoms with Gasteiger partial charge in [-0.25, -0.2) is 9.59 Å². The van der Waals surface area contributed by atoms with Crippen molar-refractivity contribution >= 4 is 18.0 Å². The summed E-state index contributed by atoms with van der Waals surface area (Å²) in [6.07, 6.45) is 0.239. The Labute approximate surface area is 151 Å². The topological polar surface area (TPSA) is 125 Å². The lowest BCUT2D eigenvalue weighted by atomic mass is 10.1. The molecule has 1 fully saturated rings. The van der Waals surface area contributed by atoms with Crippen molar-refractivity contribution < 1.29 is 29.3 Å². The van der Waals surface area contributed by atoms with Crippen LogP contribution in [0.25, 0.3) is 0 Å². The molecule has 1 aromatic carbocycles. The van der Waals surface area contributed by atoms with Gasteiger partial charge in [0.2, 0.25) is 5.91 Å². The van der Waals surface area contributed by atoms with E-state index in [4.69, 9.17) is 9.84 Å². The summed E-state index contributed by atoms with van der Waals surface area (Å²) >= 11 is 0. The minimum atomic E-state index is -1.13. The van der Waals surface area contributed by atoms with Gasteiger partial charge >= 0.3 is 12.1 Å². The van der Waals surface area contributed by atoms with E-state index >= 15 is 0 Å². The maximum Gasteiger partial charge on any atom is 0.407 e. The van der Waals surface area contributed by atoms with E-state index in [0.717, 1.165) is 18.4 Å². The highest BCUT2D eigenvalue weighted by Gasteiger charge is 2.30. The fourth-order valence-corrected chi connectivity index (χ4v) is 2.42. The molecule has 1 aliphatic rings. The molecule has 2 amide bonds. The highest BCUT2D eigenvalue weighted by molar-refractivity contribution is 5.83. The zero-order valence-corrected chi connectivity index (χ0v) is 14.4. The lowest BCUT2D eigenvalue weighted by Gasteiger charge is -2.16. The number of benzene rings is 1. The molecular formula is C18H24N2O6. The molecule has 1 aromatic rings. The van der Waals surface area contributed by atoms with Gasteiger partial charge in [0.15, 0.2) is 0 Å². The number of carboxylic acids is 1. The number of carbonyl (C=O) groups excluding carboxylic acids is 2. The van der Waals surface area contributed by atoms with Crippen molar-refractivity contribution in [2.75, 3.05) is 6.54 Å². The van der Waals surface area contributed by atoms with Gasteiger partial charge < -0.3 is 25.6 Å². The van der Waals surface area contributed by atoms with Crippen molar-refractivity contribution in [2.45, 2.75) is 44.4 Å². The van der Waals surface area contributed by atoms with Crippen molar-refractivity contribution in [3.05, 3.63) is 35.9 Å². The fraction of sp³-hybridized carbons (Fsp3) is 0.500. The number of amides is 2. The van der Waals surface area contributed by atoms with Crippen LogP contribution in [0.3, 0.4) is 0 Å². The van der Waals surface area contributed by atoms with Crippen LogP contribution < -0.4 is 10.6 Å². The van der Waals surface area contributed by atoms with Crippen molar-refractivity contribution in [1.82, 2.24) is 10.6 Å². The first kappa shape index (κ1) is 19.7. The lowest BCUT2D eigenvalue weighted by molar-refractivity contribution is -0.142. The highest BCUT2D eigenvalue weighted by Crippen LogP contribution is 2.33. The van der Waals surface area contributed by atoms with Crippen LogP contribution in [0.15, 0.2) is 30.3 Å². The van der Waals surface area contributed by atoms with Gasteiger partial charge in [0.05, 0.1) is 12.5 Å². The van der Waals surface area contributed by atoms with Gasteiger partial charge in [0, 0.05) is 6.54 Å². The maximum absolute atomic E-state index is 11.8. The number of aliphatic hydroxyl groups excluding tert-OH is 1. The molecule has 0 unspecified atom stereocenters. The Bertz CT molecular complexity index is 617. The molecule has 0 radical (unpaired) electrons. The number of carbonyl (C=O) groups is 3. The largest absolute Gasteiger partial charge is 0.480 e. The summed E-state index contributed by atoms with van der Waals surface area (Å²) in [6, 6.07) is 8.19. The zero-order valence-electron chi connectivity index (χ0n) is 14.4. The third-order valence-corrected chi connectivity index (χ3v) is 4.02. The Kier molecular flexibility index (Phi) is 7.40. The SMILES string of the molecule is O=C(C[C@H](O)CNC(=O)OCc1ccccc1)N[C@@H](CC1CC1)C(=O)O. The van der Waals surface area contributed by atoms with Crippen molar-refractivity contribution in [2.24, 2.45) is 5.92 Å². The third kappa shape index (κ3) is 7.52. The van der Waals surface area contributed by atoms with Crippen LogP contribution in [0.2, 0.25) is 0 Å². The van der Waals surface area contributed by atoms with Crippen molar-refractivity contribution in [3.63, 3.8) is 0 Å². The summed E-state index contributed by atoms with van der Waals surface area (Å²) in [7, 11) is 0. The van der Waals surface area contributed by atoms with E-state index in [1.807, 2.05) is 30.3 Å². The van der Waals surface area contributed by atoms with Crippen LogP contribution in [0, 0.1) is 5.92 Å². The smallest absolute Gasteiger partial charge is 0.407 e. The quantitative estimate of drug-likeness (QED) is 0.491. The number of rotatable bonds is 10. The maximum atomic E-state index is 11.8. The number of nitrogens with one attached hydrogen (secondary N) is 2. The second-order valence-electron chi connectivity index (χ2n) is 6.44. The number of hydrogen-bond acceptors (Lipinski definition) is 5. The van der Waals surface area contributed by atoms with E-state index < -0.39 is 30.1 Å². The molecule has 0 saturated heterocycles. The second-order valence-corrected chi connectivity index (χ2v) is 6.44. The molecule has 4 N–H and O–H groups in total. The molecule has 8 heteroatoms. The highest BCUT2D eigenvalue weighted by atomic mass is 16.5. The average molecular weight is 364 g/mol. The summed E-state index contributed by atoms with van der Waals surface area (Å²) in [6.45, 7) is -0.0634. The average Bonchev–Trinajstić information content (AvgIpc) is 3.42. The van der Waals surface area contributed by atoms with E-state index in [-0.39, 0.29) is 19.6 Å². The van der Waals surface area contributed by atoms with Gasteiger partial charge in [-0.15, -0.1) is 0 Å². The van der Waals surface area contributed by atoms with Gasteiger partial charge in [0.25, 0.3) is 0 Å². The first-order valence-corrected chi connectivity index (χ1v) is 8.59. The Hall–Kier alpha value is -2.61. The Morgan fingerprint density at radius 3 is 2.50 bits per heavy atom. The molecule has 0 aliphatic heterocycles. The number of aliphatic hydroxyl groups is 1. The van der Waals surface area contributed by atoms with Crippen LogP contribution in [0.1, 0.15) is 31.2 Å². The molecule has 26 heavy (non-hydrogen) atoms. The molecule has 0 bridgehead atoms. The van der Waals surface area contributed by atoms with Gasteiger partial charge in [-0.1, -0.05) is 43.2 Å². The van der Waals surface area contributed by atoms with E-state index in [1.165, 1.54) is 0 Å². The summed E-state index contributed by atoms with van der Waals surface area (Å²) in [5, 5.41) is 23.7. The van der Waals surface area contributed by atoms with Crippen LogP contribution in [0.5, 0.6) is 0 Å². The van der Waals surface area contributed by atoms with Crippen LogP contribution >= 0.6 is 0 Å². The van der Waals surface area contributed by atoms with Crippen molar-refractivity contribution in [1.29, 1.82) is 0 Å². The normalized spacial score (nSPS) is 15.6. The Balaban J connectivity index is 1.63. The predicted octanol–water partition coefficient (Wildman–Crippen LogP) is 1.03. The number of ether oxygens (including phenoxy) is 1. The number of aliphatic carboxylic acids is 1. The van der Waals surface area contributed by atoms with Gasteiger partial charge in [-0.05, 0) is 17.9 Å². The monoisotopic (exact) mass is 364 g/mol. The van der Waals surface area contributed by atoms with E-state index in [9.17, 15) is 19.5 Å². The van der Waals surface area contributed by atoms with Crippen molar-refractivity contribution in [3.8, 4) is 0 Å². The van der Waals surface area contributed by atoms with Crippen LogP contribution in [-0.2, 0) is 20.9 Å². The number of alkyl carbamates (subject to hydrolysis) is 1. The molecule has 2 atom stereocenters.